The Balaban J connectivity index is 1.96. The summed E-state index contributed by atoms with van der Waals surface area (Å²) in [5, 5.41) is 12.2. The van der Waals surface area contributed by atoms with Crippen molar-refractivity contribution < 1.29 is 4.74 Å². The van der Waals surface area contributed by atoms with Crippen LogP contribution in [0.5, 0.6) is 0 Å². The highest BCUT2D eigenvalue weighted by molar-refractivity contribution is 7.13. The third-order valence-electron chi connectivity index (χ3n) is 3.47. The SMILES string of the molecule is CCC1(CC)CC(Nc2nncs2)CCO1. The monoisotopic (exact) mass is 241 g/mol. The van der Waals surface area contributed by atoms with E-state index in [2.05, 4.69) is 29.4 Å². The summed E-state index contributed by atoms with van der Waals surface area (Å²) in [5.74, 6) is 0. The van der Waals surface area contributed by atoms with Crippen LogP contribution in [0.1, 0.15) is 39.5 Å². The van der Waals surface area contributed by atoms with Crippen LogP contribution in [0, 0.1) is 0 Å². The molecule has 2 heterocycles. The minimum Gasteiger partial charge on any atom is -0.375 e. The molecule has 0 amide bonds. The summed E-state index contributed by atoms with van der Waals surface area (Å²) in [4.78, 5) is 0. The van der Waals surface area contributed by atoms with Crippen LogP contribution in [-0.2, 0) is 4.74 Å². The molecule has 0 saturated carbocycles. The zero-order chi connectivity index (χ0) is 11.4. The third kappa shape index (κ3) is 2.52. The van der Waals surface area contributed by atoms with E-state index in [0.717, 1.165) is 37.4 Å². The van der Waals surface area contributed by atoms with Gasteiger partial charge in [0.2, 0.25) is 5.13 Å². The minimum absolute atomic E-state index is 0.0700. The number of hydrogen-bond donors (Lipinski definition) is 1. The minimum atomic E-state index is 0.0700. The smallest absolute Gasteiger partial charge is 0.205 e. The first-order valence-electron chi connectivity index (χ1n) is 5.94. The molecule has 90 valence electrons. The van der Waals surface area contributed by atoms with Gasteiger partial charge in [0, 0.05) is 12.6 Å². The zero-order valence-corrected chi connectivity index (χ0v) is 10.7. The molecular formula is C11H19N3OS. The van der Waals surface area contributed by atoms with E-state index in [1.54, 1.807) is 16.8 Å². The van der Waals surface area contributed by atoms with Crippen molar-refractivity contribution in [2.75, 3.05) is 11.9 Å². The molecule has 5 heteroatoms. The molecule has 1 atom stereocenters. The zero-order valence-electron chi connectivity index (χ0n) is 9.90. The van der Waals surface area contributed by atoms with E-state index >= 15 is 0 Å². The molecule has 16 heavy (non-hydrogen) atoms. The molecule has 1 fully saturated rings. The van der Waals surface area contributed by atoms with Gasteiger partial charge < -0.3 is 10.1 Å². The summed E-state index contributed by atoms with van der Waals surface area (Å²) < 4.78 is 5.94. The van der Waals surface area contributed by atoms with Crippen LogP contribution in [0.25, 0.3) is 0 Å². The second-order valence-electron chi connectivity index (χ2n) is 4.32. The topological polar surface area (TPSA) is 47.0 Å². The maximum atomic E-state index is 5.94. The molecule has 1 aromatic heterocycles. The van der Waals surface area contributed by atoms with Crippen LogP contribution >= 0.6 is 11.3 Å². The van der Waals surface area contributed by atoms with E-state index < -0.39 is 0 Å². The molecule has 0 bridgehead atoms. The number of hydrogen-bond acceptors (Lipinski definition) is 5. The second-order valence-corrected chi connectivity index (χ2v) is 5.15. The normalized spacial score (nSPS) is 24.2. The maximum absolute atomic E-state index is 5.94. The third-order valence-corrected chi connectivity index (χ3v) is 4.09. The lowest BCUT2D eigenvalue weighted by atomic mass is 9.86. The van der Waals surface area contributed by atoms with Gasteiger partial charge in [-0.3, -0.25) is 0 Å². The van der Waals surface area contributed by atoms with Crippen LogP contribution in [0.15, 0.2) is 5.51 Å². The van der Waals surface area contributed by atoms with Gasteiger partial charge in [-0.05, 0) is 25.7 Å². The number of ether oxygens (including phenoxy) is 1. The van der Waals surface area contributed by atoms with Crippen LogP contribution < -0.4 is 5.32 Å². The molecule has 0 spiro atoms. The average Bonchev–Trinajstić information content (AvgIpc) is 2.82. The molecule has 4 nitrogen and oxygen atoms in total. The second kappa shape index (κ2) is 5.10. The van der Waals surface area contributed by atoms with Gasteiger partial charge in [0.15, 0.2) is 0 Å². The first-order valence-corrected chi connectivity index (χ1v) is 6.82. The van der Waals surface area contributed by atoms with E-state index in [1.165, 1.54) is 0 Å². The van der Waals surface area contributed by atoms with Crippen LogP contribution in [0.2, 0.25) is 0 Å². The van der Waals surface area contributed by atoms with Gasteiger partial charge in [-0.25, -0.2) is 0 Å². The van der Waals surface area contributed by atoms with Gasteiger partial charge in [-0.2, -0.15) is 0 Å². The largest absolute Gasteiger partial charge is 0.375 e. The summed E-state index contributed by atoms with van der Waals surface area (Å²) in [5.41, 5.74) is 1.83. The molecule has 0 aromatic carbocycles. The Hall–Kier alpha value is -0.680. The Morgan fingerprint density at radius 2 is 2.38 bits per heavy atom. The molecule has 2 rings (SSSR count). The molecule has 1 unspecified atom stereocenters. The summed E-state index contributed by atoms with van der Waals surface area (Å²) in [6.45, 7) is 5.26. The highest BCUT2D eigenvalue weighted by atomic mass is 32.1. The van der Waals surface area contributed by atoms with Crippen molar-refractivity contribution in [2.45, 2.75) is 51.2 Å². The Morgan fingerprint density at radius 3 is 3.00 bits per heavy atom. The Labute approximate surface area is 100 Å². The quantitative estimate of drug-likeness (QED) is 0.880. The maximum Gasteiger partial charge on any atom is 0.205 e. The van der Waals surface area contributed by atoms with Gasteiger partial charge in [-0.1, -0.05) is 25.2 Å². The Bertz CT molecular complexity index is 311. The van der Waals surface area contributed by atoms with Crippen molar-refractivity contribution in [2.24, 2.45) is 0 Å². The van der Waals surface area contributed by atoms with Gasteiger partial charge in [-0.15, -0.1) is 10.2 Å². The fourth-order valence-corrected chi connectivity index (χ4v) is 2.83. The van der Waals surface area contributed by atoms with Crippen molar-refractivity contribution >= 4 is 16.5 Å². The van der Waals surface area contributed by atoms with E-state index in [9.17, 15) is 0 Å². The molecule has 1 aromatic rings. The predicted octanol–water partition coefficient (Wildman–Crippen LogP) is 2.69. The van der Waals surface area contributed by atoms with Gasteiger partial charge in [0.25, 0.3) is 0 Å². The highest BCUT2D eigenvalue weighted by Crippen LogP contribution is 2.32. The fraction of sp³-hybridized carbons (Fsp3) is 0.818. The Kier molecular flexibility index (Phi) is 3.76. The average molecular weight is 241 g/mol. The molecule has 0 aliphatic carbocycles. The lowest BCUT2D eigenvalue weighted by Crippen LogP contribution is -2.43. The first-order chi connectivity index (χ1) is 7.78. The van der Waals surface area contributed by atoms with Crippen molar-refractivity contribution in [1.82, 2.24) is 10.2 Å². The van der Waals surface area contributed by atoms with Crippen LogP contribution in [-0.4, -0.2) is 28.4 Å². The summed E-state index contributed by atoms with van der Waals surface area (Å²) in [6, 6.07) is 0.474. The lowest BCUT2D eigenvalue weighted by molar-refractivity contribution is -0.0864. The summed E-state index contributed by atoms with van der Waals surface area (Å²) >= 11 is 1.56. The lowest BCUT2D eigenvalue weighted by Gasteiger charge is -2.40. The number of nitrogens with one attached hydrogen (secondary N) is 1. The summed E-state index contributed by atoms with van der Waals surface area (Å²) in [7, 11) is 0. The number of nitrogens with zero attached hydrogens (tertiary/aromatic N) is 2. The fourth-order valence-electron chi connectivity index (χ4n) is 2.30. The van der Waals surface area contributed by atoms with Gasteiger partial charge in [0.05, 0.1) is 5.60 Å². The molecule has 1 aliphatic heterocycles. The first kappa shape index (κ1) is 11.8. The van der Waals surface area contributed by atoms with Crippen LogP contribution in [0.4, 0.5) is 5.13 Å². The van der Waals surface area contributed by atoms with E-state index in [4.69, 9.17) is 4.74 Å². The molecule has 1 aliphatic rings. The highest BCUT2D eigenvalue weighted by Gasteiger charge is 2.34. The van der Waals surface area contributed by atoms with E-state index in [-0.39, 0.29) is 5.60 Å². The van der Waals surface area contributed by atoms with E-state index in [0.29, 0.717) is 6.04 Å². The van der Waals surface area contributed by atoms with Crippen molar-refractivity contribution in [1.29, 1.82) is 0 Å². The van der Waals surface area contributed by atoms with Gasteiger partial charge >= 0.3 is 0 Å². The van der Waals surface area contributed by atoms with Gasteiger partial charge in [0.1, 0.15) is 5.51 Å². The standard InChI is InChI=1S/C11H19N3OS/c1-3-11(4-2)7-9(5-6-15-11)13-10-14-12-8-16-10/h8-9H,3-7H2,1-2H3,(H,13,14). The Morgan fingerprint density at radius 1 is 1.56 bits per heavy atom. The molecule has 0 radical (unpaired) electrons. The van der Waals surface area contributed by atoms with Crippen molar-refractivity contribution in [3.8, 4) is 0 Å². The molecular weight excluding hydrogens is 222 g/mol. The van der Waals surface area contributed by atoms with Crippen molar-refractivity contribution in [3.05, 3.63) is 5.51 Å². The number of rotatable bonds is 4. The number of aromatic nitrogens is 2. The van der Waals surface area contributed by atoms with E-state index in [1.807, 2.05) is 0 Å². The predicted molar refractivity (Wildman–Crippen MR) is 65.8 cm³/mol. The molecule has 1 saturated heterocycles. The number of anilines is 1. The summed E-state index contributed by atoms with van der Waals surface area (Å²) in [6.07, 6.45) is 4.29. The van der Waals surface area contributed by atoms with Crippen molar-refractivity contribution in [3.63, 3.8) is 0 Å². The van der Waals surface area contributed by atoms with Crippen LogP contribution in [0.3, 0.4) is 0 Å². The molecule has 1 N–H and O–H groups in total.